The van der Waals surface area contributed by atoms with Crippen molar-refractivity contribution in [2.75, 3.05) is 0 Å². The lowest BCUT2D eigenvalue weighted by Crippen LogP contribution is -2.01. The van der Waals surface area contributed by atoms with E-state index in [-0.39, 0.29) is 0 Å². The van der Waals surface area contributed by atoms with Crippen LogP contribution in [-0.4, -0.2) is 5.78 Å². The van der Waals surface area contributed by atoms with Crippen molar-refractivity contribution in [2.45, 2.75) is 53.4 Å². The SMILES string of the molecule is CCCC(=O)/C(C)=C(/C)CCC. The lowest BCUT2D eigenvalue weighted by atomic mass is 10.0. The lowest BCUT2D eigenvalue weighted by molar-refractivity contribution is -0.115. The number of carbonyl (C=O) groups is 1. The maximum Gasteiger partial charge on any atom is 0.158 e. The van der Waals surface area contributed by atoms with Crippen molar-refractivity contribution >= 4 is 5.78 Å². The van der Waals surface area contributed by atoms with E-state index in [1.807, 2.05) is 13.8 Å². The molecule has 0 aliphatic carbocycles. The third-order valence-electron chi connectivity index (χ3n) is 2.16. The molecule has 0 amide bonds. The summed E-state index contributed by atoms with van der Waals surface area (Å²) in [6.45, 7) is 8.19. The van der Waals surface area contributed by atoms with Crippen molar-refractivity contribution in [1.82, 2.24) is 0 Å². The molecule has 1 nitrogen and oxygen atoms in total. The second kappa shape index (κ2) is 5.99. The summed E-state index contributed by atoms with van der Waals surface area (Å²) in [4.78, 5) is 11.4. The van der Waals surface area contributed by atoms with Gasteiger partial charge >= 0.3 is 0 Å². The minimum Gasteiger partial charge on any atom is -0.295 e. The van der Waals surface area contributed by atoms with Crippen LogP contribution in [0.15, 0.2) is 11.1 Å². The second-order valence-electron chi connectivity index (χ2n) is 3.33. The molecule has 0 spiro atoms. The average Bonchev–Trinajstić information content (AvgIpc) is 2.04. The van der Waals surface area contributed by atoms with Gasteiger partial charge in [0.1, 0.15) is 0 Å². The van der Waals surface area contributed by atoms with Gasteiger partial charge in [-0.15, -0.1) is 0 Å². The highest BCUT2D eigenvalue weighted by atomic mass is 16.1. The lowest BCUT2D eigenvalue weighted by Gasteiger charge is -2.04. The van der Waals surface area contributed by atoms with Crippen LogP contribution in [0.4, 0.5) is 0 Å². The normalized spacial score (nSPS) is 12.7. The highest BCUT2D eigenvalue weighted by molar-refractivity contribution is 5.95. The molecule has 0 saturated heterocycles. The summed E-state index contributed by atoms with van der Waals surface area (Å²) < 4.78 is 0. The minimum absolute atomic E-state index is 0.323. The third-order valence-corrected chi connectivity index (χ3v) is 2.16. The molecule has 1 heteroatoms. The zero-order chi connectivity index (χ0) is 9.56. The van der Waals surface area contributed by atoms with Crippen LogP contribution in [0.3, 0.4) is 0 Å². The first-order valence-corrected chi connectivity index (χ1v) is 4.83. The van der Waals surface area contributed by atoms with Crippen LogP contribution in [0, 0.1) is 0 Å². The van der Waals surface area contributed by atoms with Crippen LogP contribution in [0.5, 0.6) is 0 Å². The van der Waals surface area contributed by atoms with Gasteiger partial charge in [-0.2, -0.15) is 0 Å². The van der Waals surface area contributed by atoms with E-state index in [1.54, 1.807) is 0 Å². The maximum atomic E-state index is 11.4. The average molecular weight is 168 g/mol. The first-order chi connectivity index (χ1) is 5.63. The van der Waals surface area contributed by atoms with Gasteiger partial charge in [0.2, 0.25) is 0 Å². The van der Waals surface area contributed by atoms with Gasteiger partial charge in [-0.25, -0.2) is 0 Å². The summed E-state index contributed by atoms with van der Waals surface area (Å²) in [6.07, 6.45) is 3.84. The molecule has 0 aromatic heterocycles. The fraction of sp³-hybridized carbons (Fsp3) is 0.727. The number of allylic oxidation sites excluding steroid dienone is 2. The Morgan fingerprint density at radius 2 is 1.50 bits per heavy atom. The molecule has 0 unspecified atom stereocenters. The van der Waals surface area contributed by atoms with E-state index in [9.17, 15) is 4.79 Å². The Labute approximate surface area is 75.9 Å². The van der Waals surface area contributed by atoms with Crippen molar-refractivity contribution in [2.24, 2.45) is 0 Å². The van der Waals surface area contributed by atoms with E-state index >= 15 is 0 Å². The topological polar surface area (TPSA) is 17.1 Å². The zero-order valence-corrected chi connectivity index (χ0v) is 8.74. The van der Waals surface area contributed by atoms with Crippen LogP contribution in [-0.2, 0) is 4.79 Å². The molecule has 0 aromatic carbocycles. The largest absolute Gasteiger partial charge is 0.295 e. The molecule has 0 aliphatic rings. The van der Waals surface area contributed by atoms with Crippen molar-refractivity contribution in [3.63, 3.8) is 0 Å². The Bertz CT molecular complexity index is 177. The number of hydrogen-bond donors (Lipinski definition) is 0. The minimum atomic E-state index is 0.323. The molecule has 0 bridgehead atoms. The van der Waals surface area contributed by atoms with Crippen LogP contribution in [0.2, 0.25) is 0 Å². The van der Waals surface area contributed by atoms with Crippen LogP contribution < -0.4 is 0 Å². The Balaban J connectivity index is 4.22. The quantitative estimate of drug-likeness (QED) is 0.574. The van der Waals surface area contributed by atoms with Crippen LogP contribution in [0.1, 0.15) is 53.4 Å². The van der Waals surface area contributed by atoms with Gasteiger partial charge < -0.3 is 0 Å². The summed E-state index contributed by atoms with van der Waals surface area (Å²) in [6, 6.07) is 0. The van der Waals surface area contributed by atoms with E-state index in [4.69, 9.17) is 0 Å². The molecule has 0 rings (SSSR count). The Hall–Kier alpha value is -0.590. The first-order valence-electron chi connectivity index (χ1n) is 4.83. The predicted molar refractivity (Wildman–Crippen MR) is 53.2 cm³/mol. The fourth-order valence-corrected chi connectivity index (χ4v) is 1.22. The van der Waals surface area contributed by atoms with Crippen molar-refractivity contribution < 1.29 is 4.79 Å². The van der Waals surface area contributed by atoms with E-state index in [2.05, 4.69) is 13.8 Å². The summed E-state index contributed by atoms with van der Waals surface area (Å²) >= 11 is 0. The van der Waals surface area contributed by atoms with Crippen LogP contribution >= 0.6 is 0 Å². The van der Waals surface area contributed by atoms with Gasteiger partial charge in [0.15, 0.2) is 5.78 Å². The number of carbonyl (C=O) groups excluding carboxylic acids is 1. The highest BCUT2D eigenvalue weighted by Crippen LogP contribution is 2.12. The van der Waals surface area contributed by atoms with Gasteiger partial charge in [-0.3, -0.25) is 4.79 Å². The molecule has 0 atom stereocenters. The monoisotopic (exact) mass is 168 g/mol. The molecule has 0 fully saturated rings. The van der Waals surface area contributed by atoms with E-state index in [1.165, 1.54) is 5.57 Å². The molecule has 70 valence electrons. The molecular weight excluding hydrogens is 148 g/mol. The maximum absolute atomic E-state index is 11.4. The van der Waals surface area contributed by atoms with E-state index in [0.717, 1.165) is 24.8 Å². The molecular formula is C11H20O. The Kier molecular flexibility index (Phi) is 5.69. The van der Waals surface area contributed by atoms with Crippen molar-refractivity contribution in [1.29, 1.82) is 0 Å². The molecule has 0 saturated carbocycles. The van der Waals surface area contributed by atoms with Crippen molar-refractivity contribution in [3.05, 3.63) is 11.1 Å². The van der Waals surface area contributed by atoms with E-state index in [0.29, 0.717) is 12.2 Å². The Morgan fingerprint density at radius 3 is 1.92 bits per heavy atom. The number of ketones is 1. The molecule has 0 radical (unpaired) electrons. The highest BCUT2D eigenvalue weighted by Gasteiger charge is 2.05. The van der Waals surface area contributed by atoms with Gasteiger partial charge in [-0.1, -0.05) is 25.8 Å². The fourth-order valence-electron chi connectivity index (χ4n) is 1.22. The standard InChI is InChI=1S/C11H20O/c1-5-7-9(3)10(4)11(12)8-6-2/h5-8H2,1-4H3/b10-9-. The summed E-state index contributed by atoms with van der Waals surface area (Å²) in [5, 5.41) is 0. The molecule has 12 heavy (non-hydrogen) atoms. The smallest absolute Gasteiger partial charge is 0.158 e. The summed E-state index contributed by atoms with van der Waals surface area (Å²) in [5.41, 5.74) is 2.25. The first kappa shape index (κ1) is 11.4. The summed E-state index contributed by atoms with van der Waals surface area (Å²) in [5.74, 6) is 0.323. The zero-order valence-electron chi connectivity index (χ0n) is 8.74. The number of rotatable bonds is 5. The molecule has 0 aliphatic heterocycles. The number of hydrogen-bond acceptors (Lipinski definition) is 1. The predicted octanol–water partition coefficient (Wildman–Crippen LogP) is 3.49. The molecule has 0 N–H and O–H groups in total. The van der Waals surface area contributed by atoms with Crippen molar-refractivity contribution in [3.8, 4) is 0 Å². The second-order valence-corrected chi connectivity index (χ2v) is 3.33. The van der Waals surface area contributed by atoms with E-state index < -0.39 is 0 Å². The van der Waals surface area contributed by atoms with Gasteiger partial charge in [0, 0.05) is 6.42 Å². The van der Waals surface area contributed by atoms with Gasteiger partial charge in [0.05, 0.1) is 0 Å². The van der Waals surface area contributed by atoms with Gasteiger partial charge in [-0.05, 0) is 32.3 Å². The number of Topliss-reactive ketones (excluding diaryl/α,β-unsaturated/α-hetero) is 1. The van der Waals surface area contributed by atoms with Gasteiger partial charge in [0.25, 0.3) is 0 Å². The molecule has 0 aromatic rings. The third kappa shape index (κ3) is 3.70. The summed E-state index contributed by atoms with van der Waals surface area (Å²) in [7, 11) is 0. The van der Waals surface area contributed by atoms with Crippen LogP contribution in [0.25, 0.3) is 0 Å². The molecule has 0 heterocycles. The Morgan fingerprint density at radius 1 is 1.00 bits per heavy atom.